The molecule has 0 saturated carbocycles. The number of piperidine rings is 1. The van der Waals surface area contributed by atoms with E-state index in [0.29, 0.717) is 45.5 Å². The van der Waals surface area contributed by atoms with Gasteiger partial charge in [0.25, 0.3) is 5.91 Å². The zero-order valence-corrected chi connectivity index (χ0v) is 19.8. The third-order valence-electron chi connectivity index (χ3n) is 7.28. The fourth-order valence-electron chi connectivity index (χ4n) is 5.60. The first-order chi connectivity index (χ1) is 16.0. The number of hydrogen-bond acceptors (Lipinski definition) is 6. The summed E-state index contributed by atoms with van der Waals surface area (Å²) in [7, 11) is 0. The minimum absolute atomic E-state index is 0.0189. The molecule has 1 N–H and O–H groups in total. The number of likely N-dealkylation sites (tertiary alicyclic amines) is 1. The number of aromatic nitrogens is 2. The first-order valence-corrected chi connectivity index (χ1v) is 12.8. The molecule has 0 aromatic carbocycles. The van der Waals surface area contributed by atoms with Crippen molar-refractivity contribution in [1.29, 1.82) is 0 Å². The molecule has 33 heavy (non-hydrogen) atoms. The van der Waals surface area contributed by atoms with Crippen molar-refractivity contribution in [2.24, 2.45) is 5.92 Å². The molecule has 3 aliphatic heterocycles. The Balaban J connectivity index is 1.23. The van der Waals surface area contributed by atoms with E-state index >= 15 is 0 Å². The van der Waals surface area contributed by atoms with Crippen molar-refractivity contribution < 1.29 is 19.1 Å². The Morgan fingerprint density at radius 2 is 2.12 bits per heavy atom. The largest absolute Gasteiger partial charge is 0.376 e. The van der Waals surface area contributed by atoms with Gasteiger partial charge in [-0.2, -0.15) is 0 Å². The van der Waals surface area contributed by atoms with Crippen LogP contribution in [0.3, 0.4) is 0 Å². The predicted octanol–water partition coefficient (Wildman–Crippen LogP) is 2.45. The summed E-state index contributed by atoms with van der Waals surface area (Å²) in [4.78, 5) is 47.9. The van der Waals surface area contributed by atoms with Gasteiger partial charge in [-0.1, -0.05) is 13.3 Å². The fraction of sp³-hybridized carbons (Fsp3) is 0.652. The van der Waals surface area contributed by atoms with Crippen LogP contribution in [0.25, 0.3) is 4.96 Å². The predicted molar refractivity (Wildman–Crippen MR) is 123 cm³/mol. The highest BCUT2D eigenvalue weighted by atomic mass is 32.1. The van der Waals surface area contributed by atoms with Gasteiger partial charge in [0.2, 0.25) is 5.91 Å². The molecule has 3 saturated heterocycles. The van der Waals surface area contributed by atoms with Crippen LogP contribution in [0.4, 0.5) is 4.79 Å². The molecule has 3 fully saturated rings. The second-order valence-corrected chi connectivity index (χ2v) is 10.2. The van der Waals surface area contributed by atoms with Crippen molar-refractivity contribution in [2.45, 2.75) is 63.5 Å². The zero-order valence-electron chi connectivity index (χ0n) is 19.0. The summed E-state index contributed by atoms with van der Waals surface area (Å²) in [5.74, 6) is -0.0383. The molecular weight excluding hydrogens is 442 g/mol. The maximum absolute atomic E-state index is 13.5. The van der Waals surface area contributed by atoms with Crippen molar-refractivity contribution in [3.05, 3.63) is 23.5 Å². The summed E-state index contributed by atoms with van der Waals surface area (Å²) in [5, 5.41) is 5.04. The summed E-state index contributed by atoms with van der Waals surface area (Å²) < 4.78 is 7.60. The molecule has 0 spiro atoms. The number of nitrogens with zero attached hydrogens (tertiary/aromatic N) is 4. The topological polar surface area (TPSA) is 96.2 Å². The molecular formula is C23H31N5O4S. The van der Waals surface area contributed by atoms with Gasteiger partial charge in [-0.25, -0.2) is 9.78 Å². The zero-order chi connectivity index (χ0) is 23.0. The van der Waals surface area contributed by atoms with E-state index in [4.69, 9.17) is 4.74 Å². The Morgan fingerprint density at radius 3 is 2.82 bits per heavy atom. The summed E-state index contributed by atoms with van der Waals surface area (Å²) in [6.45, 7) is 4.24. The number of carbonyl (C=O) groups excluding carboxylic acids is 3. The van der Waals surface area contributed by atoms with E-state index < -0.39 is 5.54 Å². The van der Waals surface area contributed by atoms with Gasteiger partial charge < -0.3 is 15.0 Å². The third-order valence-corrected chi connectivity index (χ3v) is 8.05. The first-order valence-electron chi connectivity index (χ1n) is 11.9. The summed E-state index contributed by atoms with van der Waals surface area (Å²) in [6, 6.07) is -0.304. The summed E-state index contributed by atoms with van der Waals surface area (Å²) >= 11 is 1.55. The lowest BCUT2D eigenvalue weighted by molar-refractivity contribution is -0.136. The van der Waals surface area contributed by atoms with Crippen LogP contribution in [0, 0.1) is 5.92 Å². The van der Waals surface area contributed by atoms with Crippen LogP contribution in [-0.4, -0.2) is 74.9 Å². The maximum atomic E-state index is 13.5. The third kappa shape index (κ3) is 4.14. The minimum atomic E-state index is -0.867. The number of rotatable bonds is 7. The first kappa shape index (κ1) is 22.3. The smallest absolute Gasteiger partial charge is 0.325 e. The van der Waals surface area contributed by atoms with E-state index in [1.807, 2.05) is 34.0 Å². The second kappa shape index (κ2) is 9.06. The van der Waals surface area contributed by atoms with Crippen molar-refractivity contribution in [3.63, 3.8) is 0 Å². The van der Waals surface area contributed by atoms with E-state index in [9.17, 15) is 14.4 Å². The Bertz CT molecular complexity index is 1010. The van der Waals surface area contributed by atoms with Gasteiger partial charge in [-0.15, -0.1) is 11.3 Å². The number of fused-ring (bicyclic) bond motifs is 1. The Labute approximate surface area is 197 Å². The Kier molecular flexibility index (Phi) is 6.13. The van der Waals surface area contributed by atoms with Crippen molar-refractivity contribution in [1.82, 2.24) is 24.5 Å². The molecule has 0 aliphatic carbocycles. The molecule has 0 unspecified atom stereocenters. The van der Waals surface area contributed by atoms with E-state index in [1.165, 1.54) is 4.90 Å². The van der Waals surface area contributed by atoms with E-state index in [0.717, 1.165) is 29.9 Å². The average molecular weight is 474 g/mol. The number of imidazole rings is 1. The summed E-state index contributed by atoms with van der Waals surface area (Å²) in [6.07, 6.45) is 8.73. The lowest BCUT2D eigenvalue weighted by Crippen LogP contribution is -2.56. The number of thiazole rings is 1. The second-order valence-electron chi connectivity index (χ2n) is 9.36. The molecule has 2 aromatic rings. The van der Waals surface area contributed by atoms with Gasteiger partial charge in [0.15, 0.2) is 4.96 Å². The highest BCUT2D eigenvalue weighted by Gasteiger charge is 2.55. The highest BCUT2D eigenvalue weighted by molar-refractivity contribution is 7.15. The van der Waals surface area contributed by atoms with Crippen LogP contribution >= 0.6 is 11.3 Å². The molecule has 5 rings (SSSR count). The molecule has 10 heteroatoms. The molecule has 3 aliphatic rings. The van der Waals surface area contributed by atoms with Crippen molar-refractivity contribution in [2.75, 3.05) is 26.2 Å². The lowest BCUT2D eigenvalue weighted by atomic mass is 9.74. The van der Waals surface area contributed by atoms with Gasteiger partial charge in [0, 0.05) is 37.5 Å². The number of amides is 4. The maximum Gasteiger partial charge on any atom is 0.325 e. The molecule has 9 nitrogen and oxygen atoms in total. The number of imide groups is 1. The van der Waals surface area contributed by atoms with Gasteiger partial charge in [-0.05, 0) is 38.0 Å². The van der Waals surface area contributed by atoms with Crippen LogP contribution in [0.1, 0.15) is 51.1 Å². The molecule has 178 valence electrons. The van der Waals surface area contributed by atoms with E-state index in [1.54, 1.807) is 11.3 Å². The molecule has 4 amide bonds. The van der Waals surface area contributed by atoms with Crippen LogP contribution in [0.5, 0.6) is 0 Å². The molecule has 0 bridgehead atoms. The van der Waals surface area contributed by atoms with Gasteiger partial charge in [-0.3, -0.25) is 18.9 Å². The van der Waals surface area contributed by atoms with Crippen LogP contribution in [0.15, 0.2) is 17.8 Å². The van der Waals surface area contributed by atoms with E-state index in [-0.39, 0.29) is 36.3 Å². The molecule has 2 aromatic heterocycles. The number of carbonyl (C=O) groups is 3. The number of nitrogens with one attached hydrogen (secondary N) is 1. The molecule has 0 radical (unpaired) electrons. The quantitative estimate of drug-likeness (QED) is 0.623. The number of ether oxygens (including phenoxy) is 1. The monoisotopic (exact) mass is 473 g/mol. The number of hydrogen-bond donors (Lipinski definition) is 1. The normalized spacial score (nSPS) is 26.5. The van der Waals surface area contributed by atoms with Crippen molar-refractivity contribution in [3.8, 4) is 0 Å². The molecule has 5 heterocycles. The van der Waals surface area contributed by atoms with Crippen molar-refractivity contribution >= 4 is 34.1 Å². The fourth-order valence-corrected chi connectivity index (χ4v) is 6.32. The van der Waals surface area contributed by atoms with Gasteiger partial charge in [0.05, 0.1) is 24.8 Å². The lowest BCUT2D eigenvalue weighted by Gasteiger charge is -2.41. The summed E-state index contributed by atoms with van der Waals surface area (Å²) in [5.41, 5.74) is -0.0900. The van der Waals surface area contributed by atoms with Crippen LogP contribution in [0.2, 0.25) is 0 Å². The standard InChI is InChI=1S/C23H31N5O4S/c1-2-7-23(20(30)28(21(31)25-23)15-18-4-3-11-32-18)16-5-8-26(9-6-16)19(29)13-17-14-27-10-12-33-22(27)24-17/h10,12,14,16,18H,2-9,11,13,15H2,1H3,(H,25,31)/t18-,23+/m0/s1. The highest BCUT2D eigenvalue weighted by Crippen LogP contribution is 2.37. The Hall–Kier alpha value is -2.46. The minimum Gasteiger partial charge on any atom is -0.376 e. The van der Waals surface area contributed by atoms with Gasteiger partial charge >= 0.3 is 6.03 Å². The number of urea groups is 1. The Morgan fingerprint density at radius 1 is 1.30 bits per heavy atom. The molecule has 2 atom stereocenters. The van der Waals surface area contributed by atoms with E-state index in [2.05, 4.69) is 10.3 Å². The SMILES string of the molecule is CCC[C@]1(C2CCN(C(=O)Cc3cn4ccsc4n3)CC2)NC(=O)N(C[C@@H]2CCCO2)C1=O. The van der Waals surface area contributed by atoms with Crippen LogP contribution < -0.4 is 5.32 Å². The average Bonchev–Trinajstić information content (AvgIpc) is 3.57. The van der Waals surface area contributed by atoms with Crippen LogP contribution in [-0.2, 0) is 20.7 Å². The van der Waals surface area contributed by atoms with Gasteiger partial charge in [0.1, 0.15) is 5.54 Å².